The van der Waals surface area contributed by atoms with Gasteiger partial charge in [-0.25, -0.2) is 4.98 Å². The first-order valence-electron chi connectivity index (χ1n) is 10.1. The van der Waals surface area contributed by atoms with Crippen LogP contribution in [0.1, 0.15) is 5.69 Å². The van der Waals surface area contributed by atoms with E-state index in [-0.39, 0.29) is 47.4 Å². The fourth-order valence-electron chi connectivity index (χ4n) is 3.45. The largest absolute Gasteiger partial charge is 0.481 e. The van der Waals surface area contributed by atoms with Crippen molar-refractivity contribution >= 4 is 91.0 Å². The van der Waals surface area contributed by atoms with Crippen LogP contribution in [0.4, 0.5) is 5.13 Å². The number of carboxylic acid groups (broad SMARTS) is 1. The van der Waals surface area contributed by atoms with Crippen molar-refractivity contribution in [3.8, 4) is 0 Å². The number of fused-ring (bicyclic) bond motifs is 1. The highest BCUT2D eigenvalue weighted by atomic mass is 32.2. The Bertz CT molecular complexity index is 1270. The van der Waals surface area contributed by atoms with Crippen LogP contribution in [0.3, 0.4) is 0 Å². The average Bonchev–Trinajstić information content (AvgIpc) is 3.43. The lowest BCUT2D eigenvalue weighted by Crippen LogP contribution is -2.74. The number of thiazole rings is 1. The van der Waals surface area contributed by atoms with Crippen molar-refractivity contribution in [2.24, 2.45) is 5.41 Å². The van der Waals surface area contributed by atoms with E-state index in [4.69, 9.17) is 10.3 Å². The van der Waals surface area contributed by atoms with Crippen LogP contribution in [0, 0.1) is 5.41 Å². The van der Waals surface area contributed by atoms with Gasteiger partial charge in [0.15, 0.2) is 13.8 Å². The van der Waals surface area contributed by atoms with Crippen molar-refractivity contribution in [3.63, 3.8) is 0 Å². The molecule has 19 heteroatoms. The molecule has 5 N–H and O–H groups in total. The minimum Gasteiger partial charge on any atom is -0.481 e. The quantitative estimate of drug-likeness (QED) is 0.154. The Morgan fingerprint density at radius 2 is 2.03 bits per heavy atom. The highest BCUT2D eigenvalue weighted by molar-refractivity contribution is 8.03. The molecule has 0 bridgehead atoms. The predicted molar refractivity (Wildman–Crippen MR) is 138 cm³/mol. The standard InChI is InChI=1S/C17H20N6O7S6/c18-14-19-8(4-32-14)3-9(24)20-10-11(25)23-5-17(13(26)27,6-33-12(10)23)7-34-16-22-21-15(35-16)31-1-2-36(28,29)30/h4,10,12H,1-3,5-7H2,(H2,18,19)(H,20,24)(H,26,27)(H,28,29,30)/t10?,12-,17?/m1/s1. The fourth-order valence-corrected chi connectivity index (χ4v) is 9.79. The molecule has 2 unspecified atom stereocenters. The summed E-state index contributed by atoms with van der Waals surface area (Å²) in [6, 6.07) is -0.719. The topological polar surface area (TPSA) is 206 Å². The lowest BCUT2D eigenvalue weighted by atomic mass is 9.89. The zero-order chi connectivity index (χ0) is 26.1. The van der Waals surface area contributed by atoms with E-state index >= 15 is 0 Å². The molecule has 0 aromatic carbocycles. The van der Waals surface area contributed by atoms with Crippen molar-refractivity contribution in [2.75, 3.05) is 35.3 Å². The summed E-state index contributed by atoms with van der Waals surface area (Å²) in [5, 5.41) is 22.4. The number of anilines is 1. The number of carbonyl (C=O) groups excluding carboxylic acids is 2. The number of aromatic nitrogens is 3. The van der Waals surface area contributed by atoms with E-state index in [9.17, 15) is 27.9 Å². The maximum absolute atomic E-state index is 12.7. The van der Waals surface area contributed by atoms with Crippen LogP contribution in [-0.4, -0.2) is 96.9 Å². The summed E-state index contributed by atoms with van der Waals surface area (Å²) >= 11 is 6.06. The van der Waals surface area contributed by atoms with Crippen molar-refractivity contribution in [1.82, 2.24) is 25.4 Å². The Hall–Kier alpha value is -1.64. The zero-order valence-corrected chi connectivity index (χ0v) is 23.1. The van der Waals surface area contributed by atoms with E-state index in [1.54, 1.807) is 5.38 Å². The van der Waals surface area contributed by atoms with Crippen LogP contribution in [0.15, 0.2) is 14.1 Å². The highest BCUT2D eigenvalue weighted by Crippen LogP contribution is 2.45. The fraction of sp³-hybridized carbons (Fsp3) is 0.529. The van der Waals surface area contributed by atoms with Gasteiger partial charge in [0.25, 0.3) is 10.1 Å². The number of β-lactam (4-membered cyclic amide) rings is 1. The molecular formula is C17H20N6O7S6. The number of nitrogens with zero attached hydrogens (tertiary/aromatic N) is 4. The summed E-state index contributed by atoms with van der Waals surface area (Å²) in [5.74, 6) is -1.62. The summed E-state index contributed by atoms with van der Waals surface area (Å²) in [6.45, 7) is 0.00952. The Labute approximate surface area is 226 Å². The number of rotatable bonds is 11. The first kappa shape index (κ1) is 27.4. The molecule has 2 amide bonds. The maximum atomic E-state index is 12.7. The van der Waals surface area contributed by atoms with Crippen LogP contribution < -0.4 is 11.1 Å². The van der Waals surface area contributed by atoms with Crippen LogP contribution in [0.2, 0.25) is 0 Å². The van der Waals surface area contributed by atoms with Gasteiger partial charge in [0.1, 0.15) is 16.8 Å². The van der Waals surface area contributed by atoms with Gasteiger partial charge in [0.05, 0.1) is 17.9 Å². The molecule has 2 fully saturated rings. The SMILES string of the molecule is Nc1nc(CC(=O)NC2C(=O)N3CC(CSc4nnc(SCCS(=O)(=O)O)s4)(C(=O)O)CS[C@H]23)cs1. The summed E-state index contributed by atoms with van der Waals surface area (Å²) in [6.07, 6.45) is 0.00249. The first-order valence-corrected chi connectivity index (χ1v) is 16.5. The van der Waals surface area contributed by atoms with E-state index in [0.717, 1.165) is 11.8 Å². The van der Waals surface area contributed by atoms with Crippen LogP contribution in [0.25, 0.3) is 0 Å². The third-order valence-corrected chi connectivity index (χ3v) is 12.0. The van der Waals surface area contributed by atoms with E-state index < -0.39 is 33.3 Å². The minimum atomic E-state index is -4.06. The molecule has 0 radical (unpaired) electrons. The number of carbonyl (C=O) groups is 3. The number of hydrogen-bond donors (Lipinski definition) is 4. The Kier molecular flexibility index (Phi) is 8.37. The summed E-state index contributed by atoms with van der Waals surface area (Å²) in [5.41, 5.74) is 4.89. The Morgan fingerprint density at radius 3 is 2.67 bits per heavy atom. The molecule has 2 aromatic rings. The molecule has 36 heavy (non-hydrogen) atoms. The van der Waals surface area contributed by atoms with E-state index in [1.165, 1.54) is 51.1 Å². The molecule has 2 aliphatic rings. The monoisotopic (exact) mass is 612 g/mol. The van der Waals surface area contributed by atoms with Gasteiger partial charge in [-0.2, -0.15) is 8.42 Å². The van der Waals surface area contributed by atoms with Gasteiger partial charge < -0.3 is 21.1 Å². The van der Waals surface area contributed by atoms with Crippen molar-refractivity contribution in [1.29, 1.82) is 0 Å². The number of nitrogens with two attached hydrogens (primary N) is 1. The Morgan fingerprint density at radius 1 is 1.31 bits per heavy atom. The van der Waals surface area contributed by atoms with Crippen molar-refractivity contribution in [2.45, 2.75) is 26.5 Å². The molecule has 13 nitrogen and oxygen atoms in total. The molecule has 2 aliphatic heterocycles. The normalized spacial score (nSPS) is 23.7. The Balaban J connectivity index is 1.31. The van der Waals surface area contributed by atoms with Crippen LogP contribution >= 0.6 is 58.0 Å². The van der Waals surface area contributed by atoms with Gasteiger partial charge in [-0.15, -0.1) is 33.3 Å². The van der Waals surface area contributed by atoms with Gasteiger partial charge in [-0.3, -0.25) is 18.9 Å². The second kappa shape index (κ2) is 11.0. The van der Waals surface area contributed by atoms with E-state index in [2.05, 4.69) is 20.5 Å². The number of nitrogen functional groups attached to an aromatic ring is 1. The van der Waals surface area contributed by atoms with Gasteiger partial charge >= 0.3 is 5.97 Å². The minimum absolute atomic E-state index is 0.00249. The van der Waals surface area contributed by atoms with Crippen molar-refractivity contribution < 1.29 is 32.5 Å². The molecule has 0 saturated carbocycles. The summed E-state index contributed by atoms with van der Waals surface area (Å²) in [7, 11) is -4.06. The average molecular weight is 613 g/mol. The van der Waals surface area contributed by atoms with Gasteiger partial charge in [0, 0.05) is 29.2 Å². The maximum Gasteiger partial charge on any atom is 0.313 e. The lowest BCUT2D eigenvalue weighted by Gasteiger charge is -2.53. The molecule has 4 rings (SSSR count). The van der Waals surface area contributed by atoms with Crippen LogP contribution in [-0.2, 0) is 30.9 Å². The predicted octanol–water partition coefficient (Wildman–Crippen LogP) is 0.362. The van der Waals surface area contributed by atoms with Crippen molar-refractivity contribution in [3.05, 3.63) is 11.1 Å². The van der Waals surface area contributed by atoms with Gasteiger partial charge in [-0.05, 0) is 0 Å². The molecule has 4 heterocycles. The third-order valence-electron chi connectivity index (χ3n) is 5.25. The molecule has 2 saturated heterocycles. The molecule has 0 spiro atoms. The number of amides is 2. The van der Waals surface area contributed by atoms with Gasteiger partial charge in [0.2, 0.25) is 11.8 Å². The molecule has 2 aromatic heterocycles. The number of carboxylic acids is 1. The van der Waals surface area contributed by atoms with Crippen LogP contribution in [0.5, 0.6) is 0 Å². The third kappa shape index (κ3) is 6.43. The highest BCUT2D eigenvalue weighted by Gasteiger charge is 2.57. The number of thioether (sulfide) groups is 3. The second-order valence-electron chi connectivity index (χ2n) is 7.91. The van der Waals surface area contributed by atoms with E-state index in [1.807, 2.05) is 0 Å². The molecular weight excluding hydrogens is 593 g/mol. The number of aliphatic carboxylic acids is 1. The first-order chi connectivity index (χ1) is 17.0. The number of nitrogens with one attached hydrogen (secondary N) is 1. The summed E-state index contributed by atoms with van der Waals surface area (Å²) in [4.78, 5) is 42.8. The lowest BCUT2D eigenvalue weighted by molar-refractivity contribution is -0.157. The smallest absolute Gasteiger partial charge is 0.313 e. The molecule has 196 valence electrons. The van der Waals surface area contributed by atoms with E-state index in [0.29, 0.717) is 19.5 Å². The van der Waals surface area contributed by atoms with Gasteiger partial charge in [-0.1, -0.05) is 34.9 Å². The summed E-state index contributed by atoms with van der Waals surface area (Å²) < 4.78 is 31.5. The molecule has 0 aliphatic carbocycles. The number of hydrogen-bond acceptors (Lipinski definition) is 14. The zero-order valence-electron chi connectivity index (χ0n) is 18.2. The second-order valence-corrected chi connectivity index (χ2v) is 15.0. The molecule has 3 atom stereocenters.